The van der Waals surface area contributed by atoms with E-state index in [0.29, 0.717) is 19.4 Å². The second-order valence-electron chi connectivity index (χ2n) is 7.95. The van der Waals surface area contributed by atoms with Gasteiger partial charge in [-0.2, -0.15) is 0 Å². The molecule has 1 aliphatic rings. The summed E-state index contributed by atoms with van der Waals surface area (Å²) in [6.45, 7) is 2.77. The molecular weight excluding hydrogens is 404 g/mol. The van der Waals surface area contributed by atoms with Crippen LogP contribution in [0, 0.1) is 6.92 Å². The number of aryl methyl sites for hydroxylation is 1. The number of hydrogen-bond acceptors (Lipinski definition) is 4. The van der Waals surface area contributed by atoms with Gasteiger partial charge in [-0.1, -0.05) is 48.0 Å². The Morgan fingerprint density at radius 3 is 2.31 bits per heavy atom. The molecule has 3 aromatic rings. The number of methoxy groups -OCH3 is 1. The summed E-state index contributed by atoms with van der Waals surface area (Å²) in [7, 11) is 1.65. The average molecular weight is 433 g/mol. The highest BCUT2D eigenvalue weighted by Gasteiger charge is 2.18. The minimum atomic E-state index is -0.190. The lowest BCUT2D eigenvalue weighted by molar-refractivity contribution is 0.174. The summed E-state index contributed by atoms with van der Waals surface area (Å²) in [5, 5.41) is 6.10. The summed E-state index contributed by atoms with van der Waals surface area (Å²) in [6, 6.07) is 21.7. The van der Waals surface area contributed by atoms with E-state index in [1.54, 1.807) is 7.11 Å². The molecule has 1 heterocycles. The fourth-order valence-electron chi connectivity index (χ4n) is 3.70. The number of fused-ring (bicyclic) bond motifs is 1. The van der Waals surface area contributed by atoms with E-state index >= 15 is 0 Å². The van der Waals surface area contributed by atoms with Gasteiger partial charge in [0.15, 0.2) is 11.5 Å². The number of amides is 2. The second kappa shape index (κ2) is 10.1. The summed E-state index contributed by atoms with van der Waals surface area (Å²) in [5.74, 6) is 2.31. The van der Waals surface area contributed by atoms with Crippen LogP contribution in [0.2, 0.25) is 0 Å². The third-order valence-electron chi connectivity index (χ3n) is 5.47. The van der Waals surface area contributed by atoms with Gasteiger partial charge in [0.1, 0.15) is 5.75 Å². The minimum absolute atomic E-state index is 0.0956. The lowest BCUT2D eigenvalue weighted by Crippen LogP contribution is -2.43. The van der Waals surface area contributed by atoms with E-state index in [-0.39, 0.29) is 18.9 Å². The van der Waals surface area contributed by atoms with Crippen molar-refractivity contribution in [2.24, 2.45) is 0 Å². The Morgan fingerprint density at radius 1 is 0.906 bits per heavy atom. The third-order valence-corrected chi connectivity index (χ3v) is 5.47. The van der Waals surface area contributed by atoms with Crippen molar-refractivity contribution in [2.45, 2.75) is 32.4 Å². The number of nitrogens with one attached hydrogen (secondary N) is 2. The maximum absolute atomic E-state index is 12.7. The maximum atomic E-state index is 12.7. The van der Waals surface area contributed by atoms with Crippen LogP contribution in [0.5, 0.6) is 17.2 Å². The molecule has 32 heavy (non-hydrogen) atoms. The first-order valence-corrected chi connectivity index (χ1v) is 10.7. The van der Waals surface area contributed by atoms with Crippen molar-refractivity contribution in [1.29, 1.82) is 0 Å². The molecule has 0 radical (unpaired) electrons. The van der Waals surface area contributed by atoms with E-state index in [0.717, 1.165) is 33.9 Å². The monoisotopic (exact) mass is 432 g/mol. The van der Waals surface area contributed by atoms with E-state index in [9.17, 15) is 4.79 Å². The van der Waals surface area contributed by atoms with Crippen LogP contribution in [0.1, 0.15) is 22.3 Å². The number of ether oxygens (including phenoxy) is 3. The zero-order valence-corrected chi connectivity index (χ0v) is 18.4. The zero-order valence-electron chi connectivity index (χ0n) is 18.4. The van der Waals surface area contributed by atoms with Crippen LogP contribution in [-0.4, -0.2) is 26.0 Å². The summed E-state index contributed by atoms with van der Waals surface area (Å²) in [5.41, 5.74) is 4.46. The number of carbonyl (C=O) groups excluding carboxylic acids is 1. The number of urea groups is 1. The Bertz CT molecular complexity index is 1050. The fraction of sp³-hybridized carbons (Fsp3) is 0.269. The van der Waals surface area contributed by atoms with Gasteiger partial charge in [0.25, 0.3) is 0 Å². The van der Waals surface area contributed by atoms with E-state index in [1.807, 2.05) is 73.7 Å². The molecule has 0 saturated heterocycles. The number of carbonyl (C=O) groups is 1. The van der Waals surface area contributed by atoms with Crippen molar-refractivity contribution in [2.75, 3.05) is 13.9 Å². The Kier molecular flexibility index (Phi) is 6.80. The van der Waals surface area contributed by atoms with E-state index in [2.05, 4.69) is 10.6 Å². The van der Waals surface area contributed by atoms with Gasteiger partial charge in [-0.3, -0.25) is 0 Å². The normalized spacial score (nSPS) is 12.8. The Hall–Kier alpha value is -3.67. The molecule has 0 spiro atoms. The molecule has 4 rings (SSSR count). The molecule has 166 valence electrons. The maximum Gasteiger partial charge on any atom is 0.315 e. The molecule has 3 aromatic carbocycles. The van der Waals surface area contributed by atoms with Crippen molar-refractivity contribution >= 4 is 6.03 Å². The highest BCUT2D eigenvalue weighted by molar-refractivity contribution is 5.74. The largest absolute Gasteiger partial charge is 0.497 e. The summed E-state index contributed by atoms with van der Waals surface area (Å²) < 4.78 is 16.2. The van der Waals surface area contributed by atoms with Crippen molar-refractivity contribution < 1.29 is 19.0 Å². The van der Waals surface area contributed by atoms with Gasteiger partial charge in [0.2, 0.25) is 6.79 Å². The molecule has 2 amide bonds. The second-order valence-corrected chi connectivity index (χ2v) is 7.95. The molecule has 6 nitrogen and oxygen atoms in total. The number of benzene rings is 3. The summed E-state index contributed by atoms with van der Waals surface area (Å²) in [4.78, 5) is 12.7. The molecule has 0 fully saturated rings. The van der Waals surface area contributed by atoms with Crippen LogP contribution in [0.25, 0.3) is 0 Å². The van der Waals surface area contributed by atoms with Crippen LogP contribution >= 0.6 is 0 Å². The van der Waals surface area contributed by atoms with Gasteiger partial charge in [-0.15, -0.1) is 0 Å². The van der Waals surface area contributed by atoms with Crippen molar-refractivity contribution in [1.82, 2.24) is 10.6 Å². The summed E-state index contributed by atoms with van der Waals surface area (Å²) in [6.07, 6.45) is 1.36. The van der Waals surface area contributed by atoms with Crippen LogP contribution in [-0.2, 0) is 19.4 Å². The van der Waals surface area contributed by atoms with E-state index in [1.165, 1.54) is 5.56 Å². The Morgan fingerprint density at radius 2 is 1.56 bits per heavy atom. The highest BCUT2D eigenvalue weighted by atomic mass is 16.7. The van der Waals surface area contributed by atoms with E-state index < -0.39 is 0 Å². The predicted octanol–water partition coefficient (Wildman–Crippen LogP) is 4.39. The van der Waals surface area contributed by atoms with E-state index in [4.69, 9.17) is 14.2 Å². The minimum Gasteiger partial charge on any atom is -0.497 e. The smallest absolute Gasteiger partial charge is 0.315 e. The van der Waals surface area contributed by atoms with Gasteiger partial charge in [0.05, 0.1) is 7.11 Å². The quantitative estimate of drug-likeness (QED) is 0.554. The molecule has 0 bridgehead atoms. The van der Waals surface area contributed by atoms with Crippen LogP contribution in [0.15, 0.2) is 66.7 Å². The standard InChI is InChI=1S/C26H28N2O4/c1-18-3-5-20(6-4-18)16-27-26(29)28-22(13-19-7-10-23(30-2)11-8-19)14-21-9-12-24-25(15-21)32-17-31-24/h3-12,15,22H,13-14,16-17H2,1-2H3,(H2,27,28,29)/t22-/m1/s1. The summed E-state index contributed by atoms with van der Waals surface area (Å²) >= 11 is 0. The van der Waals surface area contributed by atoms with Gasteiger partial charge in [-0.05, 0) is 60.7 Å². The number of hydrogen-bond donors (Lipinski definition) is 2. The lowest BCUT2D eigenvalue weighted by Gasteiger charge is -2.20. The molecule has 2 N–H and O–H groups in total. The number of rotatable bonds is 8. The fourth-order valence-corrected chi connectivity index (χ4v) is 3.70. The molecule has 6 heteroatoms. The average Bonchev–Trinajstić information content (AvgIpc) is 3.27. The molecular formula is C26H28N2O4. The highest BCUT2D eigenvalue weighted by Crippen LogP contribution is 2.33. The first-order valence-electron chi connectivity index (χ1n) is 10.7. The van der Waals surface area contributed by atoms with Gasteiger partial charge < -0.3 is 24.8 Å². The van der Waals surface area contributed by atoms with Gasteiger partial charge in [-0.25, -0.2) is 4.79 Å². The Balaban J connectivity index is 1.43. The Labute approximate surface area is 188 Å². The molecule has 0 saturated carbocycles. The molecule has 0 aromatic heterocycles. The third kappa shape index (κ3) is 5.72. The SMILES string of the molecule is COc1ccc(C[C@H](Cc2ccc3c(c2)OCO3)NC(=O)NCc2ccc(C)cc2)cc1. The molecule has 0 unspecified atom stereocenters. The zero-order chi connectivity index (χ0) is 22.3. The topological polar surface area (TPSA) is 68.8 Å². The van der Waals surface area contributed by atoms with Crippen LogP contribution in [0.3, 0.4) is 0 Å². The first-order chi connectivity index (χ1) is 15.6. The van der Waals surface area contributed by atoms with Crippen LogP contribution in [0.4, 0.5) is 4.79 Å². The van der Waals surface area contributed by atoms with Crippen molar-refractivity contribution in [3.8, 4) is 17.2 Å². The van der Waals surface area contributed by atoms with Crippen molar-refractivity contribution in [3.05, 3.63) is 89.0 Å². The lowest BCUT2D eigenvalue weighted by atomic mass is 9.98. The molecule has 1 atom stereocenters. The molecule has 1 aliphatic heterocycles. The van der Waals surface area contributed by atoms with Crippen molar-refractivity contribution in [3.63, 3.8) is 0 Å². The van der Waals surface area contributed by atoms with Gasteiger partial charge in [0, 0.05) is 12.6 Å². The van der Waals surface area contributed by atoms with Crippen LogP contribution < -0.4 is 24.8 Å². The van der Waals surface area contributed by atoms with Gasteiger partial charge >= 0.3 is 6.03 Å². The predicted molar refractivity (Wildman–Crippen MR) is 123 cm³/mol. The molecule has 0 aliphatic carbocycles. The first kappa shape index (κ1) is 21.6.